The Balaban J connectivity index is 1.55. The summed E-state index contributed by atoms with van der Waals surface area (Å²) in [5.74, 6) is 2.09. The Morgan fingerprint density at radius 2 is 2.20 bits per heavy atom. The minimum atomic E-state index is 0.192. The number of nitrogens with one attached hydrogen (secondary N) is 1. The van der Waals surface area contributed by atoms with Crippen LogP contribution in [0.15, 0.2) is 18.6 Å². The number of H-pyrrole nitrogens is 1. The Bertz CT molecular complexity index is 603. The molecule has 2 bridgehead atoms. The van der Waals surface area contributed by atoms with Gasteiger partial charge in [0, 0.05) is 18.7 Å². The number of nitrogens with zero attached hydrogens (tertiary/aromatic N) is 3. The number of ether oxygens (including phenoxy) is 1. The molecule has 0 aliphatic carbocycles. The minimum absolute atomic E-state index is 0.192. The number of hydrogen-bond donors (Lipinski definition) is 1. The average molecular weight is 272 g/mol. The summed E-state index contributed by atoms with van der Waals surface area (Å²) >= 11 is 0. The fourth-order valence-corrected chi connectivity index (χ4v) is 3.73. The molecule has 5 heteroatoms. The van der Waals surface area contributed by atoms with Crippen molar-refractivity contribution in [3.8, 4) is 5.88 Å². The monoisotopic (exact) mass is 272 g/mol. The van der Waals surface area contributed by atoms with Crippen LogP contribution in [-0.4, -0.2) is 45.6 Å². The molecule has 2 aromatic heterocycles. The molecule has 0 aromatic carbocycles. The van der Waals surface area contributed by atoms with Gasteiger partial charge >= 0.3 is 0 Å². The lowest BCUT2D eigenvalue weighted by Gasteiger charge is -2.46. The molecule has 5 rings (SSSR count). The highest BCUT2D eigenvalue weighted by atomic mass is 16.5. The molecule has 3 fully saturated rings. The Morgan fingerprint density at radius 3 is 2.95 bits per heavy atom. The van der Waals surface area contributed by atoms with Gasteiger partial charge in [0.2, 0.25) is 5.88 Å². The highest BCUT2D eigenvalue weighted by molar-refractivity contribution is 5.78. The second-order valence-electron chi connectivity index (χ2n) is 6.04. The summed E-state index contributed by atoms with van der Waals surface area (Å²) in [6, 6.07) is 1.92. The van der Waals surface area contributed by atoms with E-state index in [1.807, 2.05) is 6.07 Å². The number of piperidine rings is 3. The van der Waals surface area contributed by atoms with E-state index in [1.165, 1.54) is 32.5 Å². The normalized spacial score (nSPS) is 30.6. The van der Waals surface area contributed by atoms with E-state index in [2.05, 4.69) is 26.8 Å². The van der Waals surface area contributed by atoms with Gasteiger partial charge in [0.15, 0.2) is 5.52 Å². The molecule has 0 radical (unpaired) electrons. The zero-order valence-electron chi connectivity index (χ0n) is 11.7. The van der Waals surface area contributed by atoms with Crippen LogP contribution < -0.4 is 4.74 Å². The maximum absolute atomic E-state index is 6.16. The SMILES string of the molecule is CC(Oc1nccc2[nH]cnc12)C1CN2CCC1CC2. The molecule has 2 aromatic rings. The Labute approximate surface area is 118 Å². The number of aromatic nitrogens is 3. The molecule has 2 unspecified atom stereocenters. The number of aromatic amines is 1. The van der Waals surface area contributed by atoms with Crippen molar-refractivity contribution in [1.82, 2.24) is 19.9 Å². The predicted octanol–water partition coefficient (Wildman–Crippen LogP) is 2.07. The van der Waals surface area contributed by atoms with Crippen molar-refractivity contribution in [3.05, 3.63) is 18.6 Å². The van der Waals surface area contributed by atoms with E-state index >= 15 is 0 Å². The number of fused-ring (bicyclic) bond motifs is 4. The summed E-state index contributed by atoms with van der Waals surface area (Å²) in [5, 5.41) is 0. The fraction of sp³-hybridized carbons (Fsp3) is 0.600. The van der Waals surface area contributed by atoms with E-state index in [0.717, 1.165) is 17.0 Å². The molecule has 2 atom stereocenters. The van der Waals surface area contributed by atoms with Crippen LogP contribution >= 0.6 is 0 Å². The summed E-state index contributed by atoms with van der Waals surface area (Å²) in [5.41, 5.74) is 1.82. The second kappa shape index (κ2) is 4.74. The first-order valence-corrected chi connectivity index (χ1v) is 7.48. The van der Waals surface area contributed by atoms with Crippen molar-refractivity contribution in [2.45, 2.75) is 25.9 Å². The molecule has 0 amide bonds. The average Bonchev–Trinajstić information content (AvgIpc) is 2.98. The van der Waals surface area contributed by atoms with Crippen molar-refractivity contribution in [3.63, 3.8) is 0 Å². The zero-order chi connectivity index (χ0) is 13.5. The highest BCUT2D eigenvalue weighted by Gasteiger charge is 2.38. The van der Waals surface area contributed by atoms with Crippen LogP contribution in [0.3, 0.4) is 0 Å². The summed E-state index contributed by atoms with van der Waals surface area (Å²) in [4.78, 5) is 14.3. The van der Waals surface area contributed by atoms with Gasteiger partial charge in [-0.05, 0) is 44.8 Å². The third kappa shape index (κ3) is 1.97. The van der Waals surface area contributed by atoms with Crippen molar-refractivity contribution in [2.75, 3.05) is 19.6 Å². The molecular weight excluding hydrogens is 252 g/mol. The molecule has 0 saturated carbocycles. The summed E-state index contributed by atoms with van der Waals surface area (Å²) in [6.45, 7) is 5.88. The van der Waals surface area contributed by atoms with Gasteiger partial charge in [-0.2, -0.15) is 0 Å². The summed E-state index contributed by atoms with van der Waals surface area (Å²) < 4.78 is 6.16. The molecule has 5 nitrogen and oxygen atoms in total. The molecular formula is C15H20N4O. The van der Waals surface area contributed by atoms with E-state index in [-0.39, 0.29) is 6.10 Å². The standard InChI is InChI=1S/C15H20N4O/c1-10(12-8-19-6-3-11(12)4-7-19)20-15-14-13(2-5-16-15)17-9-18-14/h2,5,9-12H,3-4,6-8H2,1H3,(H,17,18). The van der Waals surface area contributed by atoms with Gasteiger partial charge in [-0.3, -0.25) is 0 Å². The van der Waals surface area contributed by atoms with Gasteiger partial charge < -0.3 is 14.6 Å². The van der Waals surface area contributed by atoms with Gasteiger partial charge in [-0.1, -0.05) is 0 Å². The molecule has 3 saturated heterocycles. The van der Waals surface area contributed by atoms with Crippen LogP contribution in [0.2, 0.25) is 0 Å². The maximum atomic E-state index is 6.16. The van der Waals surface area contributed by atoms with Gasteiger partial charge in [0.25, 0.3) is 0 Å². The number of imidazole rings is 1. The fourth-order valence-electron chi connectivity index (χ4n) is 3.73. The summed E-state index contributed by atoms with van der Waals surface area (Å²) in [6.07, 6.45) is 6.30. The molecule has 3 aliphatic heterocycles. The van der Waals surface area contributed by atoms with Crippen LogP contribution in [0.4, 0.5) is 0 Å². The van der Waals surface area contributed by atoms with Crippen molar-refractivity contribution >= 4 is 11.0 Å². The Kier molecular flexibility index (Phi) is 2.88. The molecule has 3 aliphatic rings. The lowest BCUT2D eigenvalue weighted by atomic mass is 9.76. The third-order valence-corrected chi connectivity index (χ3v) is 4.91. The second-order valence-corrected chi connectivity index (χ2v) is 6.04. The van der Waals surface area contributed by atoms with Gasteiger partial charge in [0.05, 0.1) is 11.8 Å². The largest absolute Gasteiger partial charge is 0.473 e. The van der Waals surface area contributed by atoms with E-state index in [4.69, 9.17) is 4.74 Å². The van der Waals surface area contributed by atoms with Crippen LogP contribution in [-0.2, 0) is 0 Å². The number of rotatable bonds is 3. The lowest BCUT2D eigenvalue weighted by molar-refractivity contribution is -0.00847. The molecule has 106 valence electrons. The predicted molar refractivity (Wildman–Crippen MR) is 76.6 cm³/mol. The van der Waals surface area contributed by atoms with E-state index in [1.54, 1.807) is 12.5 Å². The topological polar surface area (TPSA) is 54.0 Å². The first-order valence-electron chi connectivity index (χ1n) is 7.48. The van der Waals surface area contributed by atoms with Gasteiger partial charge in [-0.25, -0.2) is 9.97 Å². The smallest absolute Gasteiger partial charge is 0.242 e. The Morgan fingerprint density at radius 1 is 1.35 bits per heavy atom. The first-order chi connectivity index (χ1) is 9.81. The Hall–Kier alpha value is -1.62. The van der Waals surface area contributed by atoms with Crippen LogP contribution in [0.5, 0.6) is 5.88 Å². The van der Waals surface area contributed by atoms with Crippen molar-refractivity contribution in [1.29, 1.82) is 0 Å². The number of pyridine rings is 1. The summed E-state index contributed by atoms with van der Waals surface area (Å²) in [7, 11) is 0. The third-order valence-electron chi connectivity index (χ3n) is 4.91. The zero-order valence-corrected chi connectivity index (χ0v) is 11.7. The highest BCUT2D eigenvalue weighted by Crippen LogP contribution is 2.35. The van der Waals surface area contributed by atoms with Crippen LogP contribution in [0.1, 0.15) is 19.8 Å². The van der Waals surface area contributed by atoms with Crippen LogP contribution in [0, 0.1) is 11.8 Å². The quantitative estimate of drug-likeness (QED) is 0.929. The van der Waals surface area contributed by atoms with Gasteiger partial charge in [0.1, 0.15) is 6.10 Å². The lowest BCUT2D eigenvalue weighted by Crippen LogP contribution is -2.51. The van der Waals surface area contributed by atoms with E-state index < -0.39 is 0 Å². The molecule has 5 heterocycles. The van der Waals surface area contributed by atoms with Gasteiger partial charge in [-0.15, -0.1) is 0 Å². The van der Waals surface area contributed by atoms with E-state index in [0.29, 0.717) is 11.8 Å². The minimum Gasteiger partial charge on any atom is -0.473 e. The van der Waals surface area contributed by atoms with Crippen LogP contribution in [0.25, 0.3) is 11.0 Å². The molecule has 0 spiro atoms. The number of hydrogen-bond acceptors (Lipinski definition) is 4. The molecule has 20 heavy (non-hydrogen) atoms. The first kappa shape index (κ1) is 12.1. The maximum Gasteiger partial charge on any atom is 0.242 e. The van der Waals surface area contributed by atoms with Crippen molar-refractivity contribution in [2.24, 2.45) is 11.8 Å². The van der Waals surface area contributed by atoms with Crippen molar-refractivity contribution < 1.29 is 4.74 Å². The molecule has 1 N–H and O–H groups in total. The van der Waals surface area contributed by atoms with E-state index in [9.17, 15) is 0 Å².